The van der Waals surface area contributed by atoms with Gasteiger partial charge in [0, 0.05) is 18.9 Å². The number of hydrogen-bond donors (Lipinski definition) is 0. The monoisotopic (exact) mass is 319 g/mol. The van der Waals surface area contributed by atoms with Crippen molar-refractivity contribution >= 4 is 11.6 Å². The summed E-state index contributed by atoms with van der Waals surface area (Å²) in [5, 5.41) is 4.30. The Morgan fingerprint density at radius 2 is 1.83 bits per heavy atom. The van der Waals surface area contributed by atoms with Gasteiger partial charge in [-0.15, -0.1) is 0 Å². The number of anilines is 1. The van der Waals surface area contributed by atoms with Gasteiger partial charge in [-0.05, 0) is 35.7 Å². The maximum absolute atomic E-state index is 12.7. The van der Waals surface area contributed by atoms with Crippen LogP contribution < -0.4 is 4.90 Å². The molecule has 3 rings (SSSR count). The Kier molecular flexibility index (Phi) is 4.47. The molecule has 2 aromatic carbocycles. The van der Waals surface area contributed by atoms with E-state index in [1.54, 1.807) is 29.0 Å². The van der Waals surface area contributed by atoms with Gasteiger partial charge >= 0.3 is 0 Å². The van der Waals surface area contributed by atoms with Gasteiger partial charge in [-0.1, -0.05) is 44.2 Å². The van der Waals surface area contributed by atoms with Crippen molar-refractivity contribution in [3.05, 3.63) is 78.1 Å². The molecule has 0 unspecified atom stereocenters. The van der Waals surface area contributed by atoms with Crippen LogP contribution in [-0.2, 0) is 0 Å². The van der Waals surface area contributed by atoms with Crippen LogP contribution in [0, 0.1) is 0 Å². The van der Waals surface area contributed by atoms with Gasteiger partial charge in [-0.25, -0.2) is 4.68 Å². The van der Waals surface area contributed by atoms with Crippen LogP contribution >= 0.6 is 0 Å². The topological polar surface area (TPSA) is 38.1 Å². The molecule has 122 valence electrons. The molecule has 4 heteroatoms. The zero-order chi connectivity index (χ0) is 17.1. The van der Waals surface area contributed by atoms with Gasteiger partial charge in [0.15, 0.2) is 0 Å². The zero-order valence-corrected chi connectivity index (χ0v) is 14.2. The Bertz CT molecular complexity index is 837. The van der Waals surface area contributed by atoms with Gasteiger partial charge in [-0.2, -0.15) is 5.10 Å². The van der Waals surface area contributed by atoms with E-state index in [-0.39, 0.29) is 5.91 Å². The summed E-state index contributed by atoms with van der Waals surface area (Å²) in [6, 6.07) is 17.8. The number of amides is 1. The third-order valence-electron chi connectivity index (χ3n) is 4.08. The molecular formula is C20H21N3O. The second kappa shape index (κ2) is 6.71. The lowest BCUT2D eigenvalue weighted by Gasteiger charge is -2.18. The molecule has 0 saturated carbocycles. The Labute approximate surface area is 142 Å². The van der Waals surface area contributed by atoms with Crippen molar-refractivity contribution in [1.29, 1.82) is 0 Å². The van der Waals surface area contributed by atoms with E-state index in [2.05, 4.69) is 31.1 Å². The van der Waals surface area contributed by atoms with E-state index in [9.17, 15) is 4.79 Å². The van der Waals surface area contributed by atoms with Crippen LogP contribution in [0.2, 0.25) is 0 Å². The number of hydrogen-bond acceptors (Lipinski definition) is 2. The lowest BCUT2D eigenvalue weighted by atomic mass is 10.0. The van der Waals surface area contributed by atoms with Crippen molar-refractivity contribution in [3.63, 3.8) is 0 Å². The number of nitrogens with zero attached hydrogens (tertiary/aromatic N) is 3. The third-order valence-corrected chi connectivity index (χ3v) is 4.08. The normalized spacial score (nSPS) is 10.8. The first-order valence-electron chi connectivity index (χ1n) is 8.04. The average molecular weight is 319 g/mol. The summed E-state index contributed by atoms with van der Waals surface area (Å²) in [6.07, 6.45) is 3.37. The Hall–Kier alpha value is -2.88. The first kappa shape index (κ1) is 16.0. The Balaban J connectivity index is 1.84. The summed E-state index contributed by atoms with van der Waals surface area (Å²) in [7, 11) is 1.79. The Morgan fingerprint density at radius 3 is 2.54 bits per heavy atom. The first-order valence-corrected chi connectivity index (χ1v) is 8.04. The highest BCUT2D eigenvalue weighted by atomic mass is 16.2. The molecule has 0 saturated heterocycles. The predicted octanol–water partition coefficient (Wildman–Crippen LogP) is 4.27. The van der Waals surface area contributed by atoms with Crippen LogP contribution in [0.1, 0.15) is 35.7 Å². The summed E-state index contributed by atoms with van der Waals surface area (Å²) in [5.74, 6) is 0.354. The van der Waals surface area contributed by atoms with Crippen LogP contribution in [-0.4, -0.2) is 22.7 Å². The number of rotatable bonds is 4. The van der Waals surface area contributed by atoms with Crippen molar-refractivity contribution in [2.45, 2.75) is 19.8 Å². The molecule has 0 N–H and O–H groups in total. The van der Waals surface area contributed by atoms with E-state index >= 15 is 0 Å². The summed E-state index contributed by atoms with van der Waals surface area (Å²) in [6.45, 7) is 4.29. The molecule has 0 radical (unpaired) electrons. The minimum atomic E-state index is -0.0712. The predicted molar refractivity (Wildman–Crippen MR) is 96.8 cm³/mol. The maximum Gasteiger partial charge on any atom is 0.261 e. The first-order chi connectivity index (χ1) is 11.6. The standard InChI is InChI=1S/C20H21N3O/c1-15(2)16-8-7-11-19(12-16)22(3)20(24)17-13-21-23(14-17)18-9-5-4-6-10-18/h4-15H,1-3H3. The van der Waals surface area contributed by atoms with E-state index in [0.717, 1.165) is 11.4 Å². The van der Waals surface area contributed by atoms with E-state index in [1.165, 1.54) is 5.56 Å². The highest BCUT2D eigenvalue weighted by Crippen LogP contribution is 2.22. The SMILES string of the molecule is CC(C)c1cccc(N(C)C(=O)c2cnn(-c3ccccc3)c2)c1. The van der Waals surface area contributed by atoms with Crippen LogP contribution in [0.5, 0.6) is 0 Å². The number of aromatic nitrogens is 2. The molecule has 0 spiro atoms. The second-order valence-electron chi connectivity index (χ2n) is 6.12. The molecular weight excluding hydrogens is 298 g/mol. The summed E-state index contributed by atoms with van der Waals surface area (Å²) in [5.41, 5.74) is 3.60. The minimum absolute atomic E-state index is 0.0712. The summed E-state index contributed by atoms with van der Waals surface area (Å²) >= 11 is 0. The zero-order valence-electron chi connectivity index (χ0n) is 14.2. The molecule has 1 amide bonds. The van der Waals surface area contributed by atoms with Crippen molar-refractivity contribution in [2.75, 3.05) is 11.9 Å². The fourth-order valence-corrected chi connectivity index (χ4v) is 2.56. The molecule has 0 aliphatic carbocycles. The molecule has 4 nitrogen and oxygen atoms in total. The van der Waals surface area contributed by atoms with Crippen LogP contribution in [0.3, 0.4) is 0 Å². The fourth-order valence-electron chi connectivity index (χ4n) is 2.56. The van der Waals surface area contributed by atoms with Gasteiger partial charge in [0.05, 0.1) is 17.4 Å². The maximum atomic E-state index is 12.7. The third kappa shape index (κ3) is 3.23. The lowest BCUT2D eigenvalue weighted by molar-refractivity contribution is 0.0993. The van der Waals surface area contributed by atoms with Crippen LogP contribution in [0.15, 0.2) is 67.0 Å². The lowest BCUT2D eigenvalue weighted by Crippen LogP contribution is -2.26. The van der Waals surface area contributed by atoms with E-state index in [0.29, 0.717) is 11.5 Å². The van der Waals surface area contributed by atoms with Crippen LogP contribution in [0.25, 0.3) is 5.69 Å². The molecule has 1 aromatic heterocycles. The smallest absolute Gasteiger partial charge is 0.261 e. The fraction of sp³-hybridized carbons (Fsp3) is 0.200. The van der Waals surface area contributed by atoms with Gasteiger partial charge in [0.25, 0.3) is 5.91 Å². The molecule has 24 heavy (non-hydrogen) atoms. The van der Waals surface area contributed by atoms with E-state index in [1.807, 2.05) is 42.5 Å². The highest BCUT2D eigenvalue weighted by Gasteiger charge is 2.16. The van der Waals surface area contributed by atoms with Crippen molar-refractivity contribution in [1.82, 2.24) is 9.78 Å². The molecule has 0 fully saturated rings. The minimum Gasteiger partial charge on any atom is -0.311 e. The highest BCUT2D eigenvalue weighted by molar-refractivity contribution is 6.05. The van der Waals surface area contributed by atoms with Crippen LogP contribution in [0.4, 0.5) is 5.69 Å². The van der Waals surface area contributed by atoms with Gasteiger partial charge in [-0.3, -0.25) is 4.79 Å². The molecule has 1 heterocycles. The molecule has 0 atom stereocenters. The molecule has 0 aliphatic rings. The Morgan fingerprint density at radius 1 is 1.08 bits per heavy atom. The quantitative estimate of drug-likeness (QED) is 0.720. The van der Waals surface area contributed by atoms with Gasteiger partial charge in [0.2, 0.25) is 0 Å². The van der Waals surface area contributed by atoms with Crippen molar-refractivity contribution in [3.8, 4) is 5.69 Å². The molecule has 3 aromatic rings. The number of benzene rings is 2. The summed E-state index contributed by atoms with van der Waals surface area (Å²) in [4.78, 5) is 14.4. The van der Waals surface area contributed by atoms with Gasteiger partial charge in [0.1, 0.15) is 0 Å². The largest absolute Gasteiger partial charge is 0.311 e. The summed E-state index contributed by atoms with van der Waals surface area (Å²) < 4.78 is 1.71. The average Bonchev–Trinajstić information content (AvgIpc) is 3.11. The van der Waals surface area contributed by atoms with E-state index in [4.69, 9.17) is 0 Å². The second-order valence-corrected chi connectivity index (χ2v) is 6.12. The van der Waals surface area contributed by atoms with Crippen molar-refractivity contribution < 1.29 is 4.79 Å². The van der Waals surface area contributed by atoms with Gasteiger partial charge < -0.3 is 4.90 Å². The molecule has 0 aliphatic heterocycles. The number of carbonyl (C=O) groups is 1. The number of para-hydroxylation sites is 1. The van der Waals surface area contributed by atoms with E-state index < -0.39 is 0 Å². The number of carbonyl (C=O) groups excluding carboxylic acids is 1. The van der Waals surface area contributed by atoms with Crippen molar-refractivity contribution in [2.24, 2.45) is 0 Å². The molecule has 0 bridgehead atoms.